The second kappa shape index (κ2) is 6.14. The van der Waals surface area contributed by atoms with Crippen LogP contribution >= 0.6 is 0 Å². The molecule has 0 amide bonds. The monoisotopic (exact) mass is 229 g/mol. The van der Waals surface area contributed by atoms with Gasteiger partial charge in [-0.1, -0.05) is 12.2 Å². The van der Waals surface area contributed by atoms with Crippen LogP contribution in [0.25, 0.3) is 0 Å². The fourth-order valence-corrected chi connectivity index (χ4v) is 1.83. The molecule has 0 saturated carbocycles. The summed E-state index contributed by atoms with van der Waals surface area (Å²) in [5.41, 5.74) is 1.11. The van der Waals surface area contributed by atoms with Gasteiger partial charge in [0, 0.05) is 18.3 Å². The van der Waals surface area contributed by atoms with Crippen molar-refractivity contribution in [2.24, 2.45) is 0 Å². The van der Waals surface area contributed by atoms with Crippen LogP contribution in [0, 0.1) is 0 Å². The molecule has 0 saturated heterocycles. The Bertz CT molecular complexity index is 411. The maximum atomic E-state index is 5.87. The fourth-order valence-electron chi connectivity index (χ4n) is 1.83. The van der Waals surface area contributed by atoms with E-state index in [0.717, 1.165) is 43.0 Å². The summed E-state index contributed by atoms with van der Waals surface area (Å²) in [6.45, 7) is 3.02. The first-order valence-corrected chi connectivity index (χ1v) is 6.25. The fraction of sp³-hybridized carbons (Fsp3) is 0.333. The Balaban J connectivity index is 2.04. The molecule has 2 aliphatic rings. The normalized spacial score (nSPS) is 19.0. The topological polar surface area (TPSA) is 21.3 Å². The summed E-state index contributed by atoms with van der Waals surface area (Å²) in [6, 6.07) is 0. The molecular weight excluding hydrogens is 210 g/mol. The number of rotatable bonds is 4. The first-order valence-electron chi connectivity index (χ1n) is 6.25. The molecule has 0 atom stereocenters. The van der Waals surface area contributed by atoms with Crippen molar-refractivity contribution in [3.63, 3.8) is 0 Å². The first kappa shape index (κ1) is 11.8. The summed E-state index contributed by atoms with van der Waals surface area (Å²) >= 11 is 0. The van der Waals surface area contributed by atoms with E-state index >= 15 is 0 Å². The number of nitrogens with one attached hydrogen (secondary N) is 1. The molecule has 0 heterocycles. The lowest BCUT2D eigenvalue weighted by molar-refractivity contribution is 0.331. The van der Waals surface area contributed by atoms with E-state index < -0.39 is 0 Å². The Morgan fingerprint density at radius 2 is 2.06 bits per heavy atom. The zero-order chi connectivity index (χ0) is 11.9. The van der Waals surface area contributed by atoms with Crippen LogP contribution in [0.2, 0.25) is 0 Å². The van der Waals surface area contributed by atoms with E-state index in [1.165, 1.54) is 0 Å². The third-order valence-electron chi connectivity index (χ3n) is 2.63. The second-order valence-corrected chi connectivity index (χ2v) is 4.06. The minimum atomic E-state index is 0.914. The molecule has 0 radical (unpaired) electrons. The SMILES string of the molecule is CCNC1=CC(OC2=CCCC=C2)=CCC=C1. The summed E-state index contributed by atoms with van der Waals surface area (Å²) in [5.74, 6) is 1.88. The van der Waals surface area contributed by atoms with Crippen LogP contribution in [-0.4, -0.2) is 6.54 Å². The first-order chi connectivity index (χ1) is 8.38. The molecule has 1 N–H and O–H groups in total. The van der Waals surface area contributed by atoms with Gasteiger partial charge in [-0.25, -0.2) is 0 Å². The maximum absolute atomic E-state index is 5.87. The summed E-state index contributed by atoms with van der Waals surface area (Å²) in [6.07, 6.45) is 17.8. The number of ether oxygens (including phenoxy) is 1. The van der Waals surface area contributed by atoms with Gasteiger partial charge in [0.2, 0.25) is 0 Å². The molecule has 0 aromatic carbocycles. The zero-order valence-electron chi connectivity index (χ0n) is 10.3. The molecule has 2 heteroatoms. The minimum absolute atomic E-state index is 0.914. The van der Waals surface area contributed by atoms with Crippen molar-refractivity contribution in [1.29, 1.82) is 0 Å². The van der Waals surface area contributed by atoms with E-state index in [0.29, 0.717) is 0 Å². The standard InChI is InChI=1S/C15H19NO/c1-2-16-13-8-6-7-11-15(12-13)17-14-9-4-3-5-10-14/h4,6,8-12,16H,2-3,5,7H2,1H3. The predicted molar refractivity (Wildman–Crippen MR) is 71.1 cm³/mol. The van der Waals surface area contributed by atoms with Crippen LogP contribution in [0.15, 0.2) is 59.7 Å². The summed E-state index contributed by atoms with van der Waals surface area (Å²) in [5, 5.41) is 3.31. The van der Waals surface area contributed by atoms with E-state index in [2.05, 4.69) is 48.7 Å². The average molecular weight is 229 g/mol. The number of hydrogen-bond acceptors (Lipinski definition) is 2. The van der Waals surface area contributed by atoms with Crippen molar-refractivity contribution in [1.82, 2.24) is 5.32 Å². The third kappa shape index (κ3) is 3.66. The lowest BCUT2D eigenvalue weighted by atomic mass is 10.2. The minimum Gasteiger partial charge on any atom is -0.458 e. The molecule has 2 aliphatic carbocycles. The molecule has 0 spiro atoms. The Kier molecular flexibility index (Phi) is 4.25. The van der Waals surface area contributed by atoms with Gasteiger partial charge in [-0.15, -0.1) is 0 Å². The molecule has 2 rings (SSSR count). The van der Waals surface area contributed by atoms with Crippen LogP contribution in [0.1, 0.15) is 26.2 Å². The van der Waals surface area contributed by atoms with Crippen molar-refractivity contribution in [2.75, 3.05) is 6.54 Å². The molecule has 0 aromatic rings. The zero-order valence-corrected chi connectivity index (χ0v) is 10.3. The summed E-state index contributed by atoms with van der Waals surface area (Å²) < 4.78 is 5.87. The molecule has 90 valence electrons. The molecule has 17 heavy (non-hydrogen) atoms. The molecule has 0 fully saturated rings. The smallest absolute Gasteiger partial charge is 0.125 e. The van der Waals surface area contributed by atoms with Gasteiger partial charge in [-0.2, -0.15) is 0 Å². The molecule has 0 aliphatic heterocycles. The molecule has 0 bridgehead atoms. The number of hydrogen-bond donors (Lipinski definition) is 1. The van der Waals surface area contributed by atoms with Gasteiger partial charge in [0.1, 0.15) is 11.5 Å². The highest BCUT2D eigenvalue weighted by molar-refractivity contribution is 5.31. The second-order valence-electron chi connectivity index (χ2n) is 4.06. The number of allylic oxidation sites excluding steroid dienone is 7. The van der Waals surface area contributed by atoms with E-state index in [1.54, 1.807) is 0 Å². The van der Waals surface area contributed by atoms with Crippen LogP contribution in [0.3, 0.4) is 0 Å². The molecular formula is C15H19NO. The van der Waals surface area contributed by atoms with Crippen molar-refractivity contribution in [3.05, 3.63) is 59.7 Å². The Labute approximate surface area is 103 Å². The van der Waals surface area contributed by atoms with E-state index in [9.17, 15) is 0 Å². The largest absolute Gasteiger partial charge is 0.458 e. The highest BCUT2D eigenvalue weighted by atomic mass is 16.5. The van der Waals surface area contributed by atoms with Crippen molar-refractivity contribution < 1.29 is 4.74 Å². The Morgan fingerprint density at radius 1 is 1.12 bits per heavy atom. The van der Waals surface area contributed by atoms with Crippen LogP contribution in [-0.2, 0) is 4.74 Å². The lowest BCUT2D eigenvalue weighted by Crippen LogP contribution is -2.10. The van der Waals surface area contributed by atoms with Gasteiger partial charge in [-0.3, -0.25) is 0 Å². The van der Waals surface area contributed by atoms with Gasteiger partial charge < -0.3 is 10.1 Å². The average Bonchev–Trinajstić information content (AvgIpc) is 2.56. The number of likely N-dealkylation sites (N-methyl/N-ethyl adjacent to an activating group) is 1. The maximum Gasteiger partial charge on any atom is 0.125 e. The van der Waals surface area contributed by atoms with Gasteiger partial charge in [0.25, 0.3) is 0 Å². The van der Waals surface area contributed by atoms with Crippen LogP contribution < -0.4 is 5.32 Å². The Hall–Kier alpha value is -1.70. The predicted octanol–water partition coefficient (Wildman–Crippen LogP) is 3.57. The molecule has 0 unspecified atom stereocenters. The summed E-state index contributed by atoms with van der Waals surface area (Å²) in [4.78, 5) is 0. The third-order valence-corrected chi connectivity index (χ3v) is 2.63. The highest BCUT2D eigenvalue weighted by Crippen LogP contribution is 2.18. The highest BCUT2D eigenvalue weighted by Gasteiger charge is 2.04. The van der Waals surface area contributed by atoms with E-state index in [-0.39, 0.29) is 0 Å². The van der Waals surface area contributed by atoms with Gasteiger partial charge in [0.05, 0.1) is 0 Å². The summed E-state index contributed by atoms with van der Waals surface area (Å²) in [7, 11) is 0. The van der Waals surface area contributed by atoms with Crippen molar-refractivity contribution >= 4 is 0 Å². The molecule has 0 aromatic heterocycles. The van der Waals surface area contributed by atoms with E-state index in [4.69, 9.17) is 4.74 Å². The van der Waals surface area contributed by atoms with Crippen molar-refractivity contribution in [2.45, 2.75) is 26.2 Å². The van der Waals surface area contributed by atoms with E-state index in [1.807, 2.05) is 6.08 Å². The van der Waals surface area contributed by atoms with Crippen LogP contribution in [0.4, 0.5) is 0 Å². The Morgan fingerprint density at radius 3 is 2.82 bits per heavy atom. The van der Waals surface area contributed by atoms with Gasteiger partial charge in [-0.05, 0) is 50.5 Å². The van der Waals surface area contributed by atoms with Gasteiger partial charge in [0.15, 0.2) is 0 Å². The van der Waals surface area contributed by atoms with Crippen molar-refractivity contribution in [3.8, 4) is 0 Å². The lowest BCUT2D eigenvalue weighted by Gasteiger charge is -2.11. The van der Waals surface area contributed by atoms with Gasteiger partial charge >= 0.3 is 0 Å². The van der Waals surface area contributed by atoms with Crippen LogP contribution in [0.5, 0.6) is 0 Å². The molecule has 2 nitrogen and oxygen atoms in total. The quantitative estimate of drug-likeness (QED) is 0.795.